The summed E-state index contributed by atoms with van der Waals surface area (Å²) in [5.74, 6) is 1.03. The second kappa shape index (κ2) is 6.18. The first-order valence-electron chi connectivity index (χ1n) is 6.42. The number of fused-ring (bicyclic) bond motifs is 1. The Bertz CT molecular complexity index is 802. The van der Waals surface area contributed by atoms with Crippen molar-refractivity contribution in [3.63, 3.8) is 0 Å². The summed E-state index contributed by atoms with van der Waals surface area (Å²) in [6, 6.07) is 17.0. The molecular weight excluding hydrogens is 323 g/mol. The first-order chi connectivity index (χ1) is 10.1. The second-order valence-corrected chi connectivity index (χ2v) is 6.51. The molecule has 0 radical (unpaired) electrons. The van der Waals surface area contributed by atoms with E-state index in [2.05, 4.69) is 0 Å². The van der Waals surface area contributed by atoms with Gasteiger partial charge in [0.15, 0.2) is 0 Å². The molecule has 0 unspecified atom stereocenters. The topological polar surface area (TPSA) is 20.2 Å². The molecule has 0 saturated carbocycles. The lowest BCUT2D eigenvalue weighted by molar-refractivity contribution is 0.481. The Morgan fingerprint density at radius 1 is 0.905 bits per heavy atom. The van der Waals surface area contributed by atoms with Crippen LogP contribution in [0.4, 0.5) is 0 Å². The van der Waals surface area contributed by atoms with E-state index in [1.54, 1.807) is 23.9 Å². The third kappa shape index (κ3) is 3.13. The number of rotatable bonds is 3. The van der Waals surface area contributed by atoms with Crippen LogP contribution in [0, 0.1) is 0 Å². The van der Waals surface area contributed by atoms with E-state index in [9.17, 15) is 5.11 Å². The number of halogens is 2. The Hall–Kier alpha value is -1.35. The maximum absolute atomic E-state index is 9.91. The van der Waals surface area contributed by atoms with Crippen LogP contribution < -0.4 is 0 Å². The molecule has 4 heteroatoms. The quantitative estimate of drug-likeness (QED) is 0.580. The molecule has 0 bridgehead atoms. The molecule has 1 nitrogen and oxygen atoms in total. The summed E-state index contributed by atoms with van der Waals surface area (Å²) in [5, 5.41) is 13.2. The van der Waals surface area contributed by atoms with E-state index < -0.39 is 0 Å². The van der Waals surface area contributed by atoms with Gasteiger partial charge >= 0.3 is 0 Å². The number of hydrogen-bond donors (Lipinski definition) is 1. The van der Waals surface area contributed by atoms with E-state index in [1.165, 1.54) is 0 Å². The minimum Gasteiger partial charge on any atom is -0.507 e. The number of benzene rings is 3. The van der Waals surface area contributed by atoms with Crippen LogP contribution in [0.3, 0.4) is 0 Å². The van der Waals surface area contributed by atoms with Gasteiger partial charge in [-0.1, -0.05) is 47.5 Å². The molecule has 0 heterocycles. The Kier molecular flexibility index (Phi) is 4.29. The predicted molar refractivity (Wildman–Crippen MR) is 91.6 cm³/mol. The maximum Gasteiger partial charge on any atom is 0.123 e. The summed E-state index contributed by atoms with van der Waals surface area (Å²) in [5.41, 5.74) is 1.01. The van der Waals surface area contributed by atoms with E-state index in [-0.39, 0.29) is 0 Å². The smallest absolute Gasteiger partial charge is 0.123 e. The lowest BCUT2D eigenvalue weighted by atomic mass is 10.1. The molecule has 3 aromatic rings. The largest absolute Gasteiger partial charge is 0.507 e. The average molecular weight is 335 g/mol. The predicted octanol–water partition coefficient (Wildman–Crippen LogP) is 6.14. The van der Waals surface area contributed by atoms with E-state index >= 15 is 0 Å². The van der Waals surface area contributed by atoms with Gasteiger partial charge in [-0.15, -0.1) is 11.8 Å². The van der Waals surface area contributed by atoms with Crippen LogP contribution in [0.15, 0.2) is 59.5 Å². The maximum atomic E-state index is 9.91. The van der Waals surface area contributed by atoms with Crippen molar-refractivity contribution in [2.24, 2.45) is 0 Å². The molecule has 0 atom stereocenters. The molecular formula is C17H12Cl2OS. The highest BCUT2D eigenvalue weighted by Crippen LogP contribution is 2.36. The lowest BCUT2D eigenvalue weighted by Crippen LogP contribution is -1.84. The molecule has 3 aromatic carbocycles. The number of thioether (sulfide) groups is 1. The number of phenolic OH excluding ortho intramolecular Hbond substituents is 1. The fourth-order valence-corrected chi connectivity index (χ4v) is 3.70. The molecule has 0 aromatic heterocycles. The second-order valence-electron chi connectivity index (χ2n) is 4.65. The SMILES string of the molecule is Oc1ccc(SCc2cc(Cl)ccc2Cl)c2ccccc12. The monoisotopic (exact) mass is 334 g/mol. The van der Waals surface area contributed by atoms with Crippen molar-refractivity contribution in [2.75, 3.05) is 0 Å². The standard InChI is InChI=1S/C17H12Cl2OS/c18-12-5-6-15(19)11(9-12)10-21-17-8-7-16(20)13-3-1-2-4-14(13)17/h1-9,20H,10H2. The minimum atomic E-state index is 0.302. The highest BCUT2D eigenvalue weighted by Gasteiger charge is 2.07. The first-order valence-corrected chi connectivity index (χ1v) is 8.17. The summed E-state index contributed by atoms with van der Waals surface area (Å²) in [6.07, 6.45) is 0. The van der Waals surface area contributed by atoms with E-state index in [1.807, 2.05) is 42.5 Å². The van der Waals surface area contributed by atoms with Crippen LogP contribution in [-0.4, -0.2) is 5.11 Å². The van der Waals surface area contributed by atoms with Gasteiger partial charge in [0.25, 0.3) is 0 Å². The molecule has 1 N–H and O–H groups in total. The van der Waals surface area contributed by atoms with Gasteiger partial charge in [0.2, 0.25) is 0 Å². The zero-order valence-corrected chi connectivity index (χ0v) is 13.3. The van der Waals surface area contributed by atoms with Gasteiger partial charge in [0.1, 0.15) is 5.75 Å². The molecule has 21 heavy (non-hydrogen) atoms. The van der Waals surface area contributed by atoms with Crippen LogP contribution in [0.1, 0.15) is 5.56 Å². The van der Waals surface area contributed by atoms with Gasteiger partial charge in [-0.25, -0.2) is 0 Å². The van der Waals surface area contributed by atoms with Crippen molar-refractivity contribution in [1.82, 2.24) is 0 Å². The van der Waals surface area contributed by atoms with Crippen LogP contribution in [0.25, 0.3) is 10.8 Å². The molecule has 0 fully saturated rings. The summed E-state index contributed by atoms with van der Waals surface area (Å²) in [6.45, 7) is 0. The van der Waals surface area contributed by atoms with Crippen molar-refractivity contribution in [1.29, 1.82) is 0 Å². The number of hydrogen-bond acceptors (Lipinski definition) is 2. The molecule has 0 aliphatic rings. The molecule has 0 aliphatic heterocycles. The van der Waals surface area contributed by atoms with Gasteiger partial charge in [-0.2, -0.15) is 0 Å². The van der Waals surface area contributed by atoms with Crippen molar-refractivity contribution in [3.8, 4) is 5.75 Å². The van der Waals surface area contributed by atoms with Crippen molar-refractivity contribution < 1.29 is 5.11 Å². The Morgan fingerprint density at radius 2 is 1.67 bits per heavy atom. The van der Waals surface area contributed by atoms with Gasteiger partial charge < -0.3 is 5.11 Å². The molecule has 0 amide bonds. The summed E-state index contributed by atoms with van der Waals surface area (Å²) < 4.78 is 0. The van der Waals surface area contributed by atoms with Crippen LogP contribution in [0.2, 0.25) is 10.0 Å². The third-order valence-electron chi connectivity index (χ3n) is 3.25. The molecule has 0 aliphatic carbocycles. The van der Waals surface area contributed by atoms with E-state index in [4.69, 9.17) is 23.2 Å². The van der Waals surface area contributed by atoms with Crippen LogP contribution in [0.5, 0.6) is 5.75 Å². The van der Waals surface area contributed by atoms with Gasteiger partial charge in [0, 0.05) is 26.1 Å². The normalized spacial score (nSPS) is 11.0. The first kappa shape index (κ1) is 14.6. The van der Waals surface area contributed by atoms with Gasteiger partial charge in [0.05, 0.1) is 0 Å². The number of aromatic hydroxyl groups is 1. The van der Waals surface area contributed by atoms with Crippen molar-refractivity contribution in [3.05, 3.63) is 70.2 Å². The molecule has 0 spiro atoms. The number of phenols is 1. The van der Waals surface area contributed by atoms with E-state index in [0.29, 0.717) is 10.8 Å². The summed E-state index contributed by atoms with van der Waals surface area (Å²) in [4.78, 5) is 1.11. The molecule has 106 valence electrons. The fourth-order valence-electron chi connectivity index (χ4n) is 2.19. The molecule has 3 rings (SSSR count). The zero-order valence-electron chi connectivity index (χ0n) is 11.0. The van der Waals surface area contributed by atoms with Crippen molar-refractivity contribution in [2.45, 2.75) is 10.6 Å². The Morgan fingerprint density at radius 3 is 2.48 bits per heavy atom. The van der Waals surface area contributed by atoms with Crippen LogP contribution >= 0.6 is 35.0 Å². The third-order valence-corrected chi connectivity index (χ3v) is 4.98. The van der Waals surface area contributed by atoms with Crippen molar-refractivity contribution >= 4 is 45.7 Å². The average Bonchev–Trinajstić information content (AvgIpc) is 2.50. The minimum absolute atomic E-state index is 0.302. The Labute approximate surface area is 137 Å². The van der Waals surface area contributed by atoms with Gasteiger partial charge in [-0.3, -0.25) is 0 Å². The van der Waals surface area contributed by atoms with E-state index in [0.717, 1.165) is 32.0 Å². The lowest BCUT2D eigenvalue weighted by Gasteiger charge is -2.09. The Balaban J connectivity index is 1.92. The van der Waals surface area contributed by atoms with Crippen LogP contribution in [-0.2, 0) is 5.75 Å². The summed E-state index contributed by atoms with van der Waals surface area (Å²) in [7, 11) is 0. The zero-order chi connectivity index (χ0) is 14.8. The fraction of sp³-hybridized carbons (Fsp3) is 0.0588. The highest BCUT2D eigenvalue weighted by molar-refractivity contribution is 7.98. The molecule has 0 saturated heterocycles. The summed E-state index contributed by atoms with van der Waals surface area (Å²) >= 11 is 13.9. The van der Waals surface area contributed by atoms with Gasteiger partial charge in [-0.05, 0) is 41.3 Å². The highest BCUT2D eigenvalue weighted by atomic mass is 35.5.